The van der Waals surface area contributed by atoms with E-state index < -0.39 is 0 Å². The van der Waals surface area contributed by atoms with Gasteiger partial charge in [-0.1, -0.05) is 42.1 Å². The van der Waals surface area contributed by atoms with Gasteiger partial charge in [0.2, 0.25) is 0 Å². The van der Waals surface area contributed by atoms with Gasteiger partial charge in [-0.25, -0.2) is 4.98 Å². The summed E-state index contributed by atoms with van der Waals surface area (Å²) >= 11 is 3.34. The molecule has 1 fully saturated rings. The van der Waals surface area contributed by atoms with E-state index in [1.54, 1.807) is 29.4 Å². The fraction of sp³-hybridized carbons (Fsp3) is 0.318. The maximum Gasteiger partial charge on any atom is 0.191 e. The summed E-state index contributed by atoms with van der Waals surface area (Å²) in [6.45, 7) is 3.53. The summed E-state index contributed by atoms with van der Waals surface area (Å²) in [6.07, 6.45) is 4.08. The molecule has 1 aromatic carbocycles. The summed E-state index contributed by atoms with van der Waals surface area (Å²) < 4.78 is 13.5. The molecular formula is C22H22N4O2S2. The van der Waals surface area contributed by atoms with Crippen molar-refractivity contribution in [1.82, 2.24) is 19.7 Å². The van der Waals surface area contributed by atoms with E-state index in [4.69, 9.17) is 14.1 Å². The zero-order valence-electron chi connectivity index (χ0n) is 16.7. The van der Waals surface area contributed by atoms with Crippen molar-refractivity contribution in [3.05, 3.63) is 59.5 Å². The summed E-state index contributed by atoms with van der Waals surface area (Å²) in [5.41, 5.74) is 3.18. The molecule has 0 spiro atoms. The van der Waals surface area contributed by atoms with Gasteiger partial charge in [-0.2, -0.15) is 0 Å². The van der Waals surface area contributed by atoms with Gasteiger partial charge < -0.3 is 9.15 Å². The van der Waals surface area contributed by atoms with Crippen LogP contribution in [0.4, 0.5) is 0 Å². The maximum absolute atomic E-state index is 5.88. The number of rotatable bonds is 7. The molecule has 1 aliphatic rings. The molecule has 8 heteroatoms. The number of furan rings is 1. The Hall–Kier alpha value is -2.42. The van der Waals surface area contributed by atoms with Crippen molar-refractivity contribution >= 4 is 23.1 Å². The third-order valence-corrected chi connectivity index (χ3v) is 7.09. The smallest absolute Gasteiger partial charge is 0.191 e. The minimum atomic E-state index is 0.204. The SMILES string of the molecule is Cc1occc1-c1nnc(SCc2csc(-c3ccccc3)n2)n1CC1CCCO1. The van der Waals surface area contributed by atoms with Crippen LogP contribution in [-0.4, -0.2) is 32.5 Å². The Morgan fingerprint density at radius 3 is 2.87 bits per heavy atom. The van der Waals surface area contributed by atoms with E-state index in [2.05, 4.69) is 32.3 Å². The number of benzene rings is 1. The molecule has 5 rings (SSSR count). The molecule has 0 aliphatic carbocycles. The van der Waals surface area contributed by atoms with Crippen molar-refractivity contribution < 1.29 is 9.15 Å². The topological polar surface area (TPSA) is 66.0 Å². The summed E-state index contributed by atoms with van der Waals surface area (Å²) in [5, 5.41) is 13.0. The van der Waals surface area contributed by atoms with Crippen molar-refractivity contribution in [2.75, 3.05) is 6.61 Å². The Balaban J connectivity index is 1.37. The number of aromatic nitrogens is 4. The van der Waals surface area contributed by atoms with E-state index in [-0.39, 0.29) is 6.10 Å². The maximum atomic E-state index is 5.88. The van der Waals surface area contributed by atoms with Crippen molar-refractivity contribution in [3.8, 4) is 22.0 Å². The highest BCUT2D eigenvalue weighted by molar-refractivity contribution is 7.98. The van der Waals surface area contributed by atoms with E-state index in [0.29, 0.717) is 0 Å². The summed E-state index contributed by atoms with van der Waals surface area (Å²) in [6, 6.07) is 12.2. The van der Waals surface area contributed by atoms with Crippen LogP contribution in [0.25, 0.3) is 22.0 Å². The predicted molar refractivity (Wildman–Crippen MR) is 119 cm³/mol. The first-order valence-corrected chi connectivity index (χ1v) is 11.9. The highest BCUT2D eigenvalue weighted by atomic mass is 32.2. The second-order valence-corrected chi connectivity index (χ2v) is 9.04. The van der Waals surface area contributed by atoms with Gasteiger partial charge in [0, 0.05) is 23.3 Å². The first-order chi connectivity index (χ1) is 14.8. The van der Waals surface area contributed by atoms with Crippen LogP contribution < -0.4 is 0 Å². The van der Waals surface area contributed by atoms with E-state index in [0.717, 1.165) is 70.3 Å². The number of hydrogen-bond donors (Lipinski definition) is 0. The lowest BCUT2D eigenvalue weighted by Gasteiger charge is -2.14. The van der Waals surface area contributed by atoms with Crippen LogP contribution in [0.5, 0.6) is 0 Å². The quantitative estimate of drug-likeness (QED) is 0.358. The second-order valence-electron chi connectivity index (χ2n) is 7.24. The van der Waals surface area contributed by atoms with Gasteiger partial charge in [0.25, 0.3) is 0 Å². The van der Waals surface area contributed by atoms with Crippen LogP contribution in [-0.2, 0) is 17.0 Å². The Kier molecular flexibility index (Phi) is 5.70. The number of thioether (sulfide) groups is 1. The molecule has 0 radical (unpaired) electrons. The monoisotopic (exact) mass is 438 g/mol. The van der Waals surface area contributed by atoms with Gasteiger partial charge in [-0.05, 0) is 25.8 Å². The number of hydrogen-bond acceptors (Lipinski definition) is 7. The molecule has 1 saturated heterocycles. The largest absolute Gasteiger partial charge is 0.469 e. The fourth-order valence-electron chi connectivity index (χ4n) is 3.59. The second kappa shape index (κ2) is 8.75. The minimum Gasteiger partial charge on any atom is -0.469 e. The molecule has 1 unspecified atom stereocenters. The Labute approximate surface area is 183 Å². The average Bonchev–Trinajstić information content (AvgIpc) is 3.56. The van der Waals surface area contributed by atoms with Crippen LogP contribution in [0.3, 0.4) is 0 Å². The van der Waals surface area contributed by atoms with Gasteiger partial charge in [0.05, 0.1) is 30.2 Å². The van der Waals surface area contributed by atoms with Crippen LogP contribution in [0.15, 0.2) is 57.6 Å². The molecule has 0 bridgehead atoms. The van der Waals surface area contributed by atoms with E-state index in [9.17, 15) is 0 Å². The first-order valence-electron chi connectivity index (χ1n) is 10.00. The highest BCUT2D eigenvalue weighted by Crippen LogP contribution is 2.31. The van der Waals surface area contributed by atoms with E-state index >= 15 is 0 Å². The summed E-state index contributed by atoms with van der Waals surface area (Å²) in [7, 11) is 0. The third-order valence-electron chi connectivity index (χ3n) is 5.15. The van der Waals surface area contributed by atoms with Gasteiger partial charge in [-0.3, -0.25) is 4.57 Å². The molecule has 4 heterocycles. The number of nitrogens with zero attached hydrogens (tertiary/aromatic N) is 4. The molecule has 3 aromatic heterocycles. The molecule has 1 aliphatic heterocycles. The molecule has 0 amide bonds. The average molecular weight is 439 g/mol. The van der Waals surface area contributed by atoms with Gasteiger partial charge in [0.15, 0.2) is 11.0 Å². The molecular weight excluding hydrogens is 416 g/mol. The van der Waals surface area contributed by atoms with Crippen LogP contribution >= 0.6 is 23.1 Å². The zero-order chi connectivity index (χ0) is 20.3. The normalized spacial score (nSPS) is 16.4. The highest BCUT2D eigenvalue weighted by Gasteiger charge is 2.23. The third kappa shape index (κ3) is 4.08. The standard InChI is InChI=1S/C22H22N4O2S2/c1-15-19(9-11-27-15)20-24-25-22(26(20)12-18-8-5-10-28-18)30-14-17-13-29-21(23-17)16-6-3-2-4-7-16/h2-4,6-7,9,11,13,18H,5,8,10,12,14H2,1H3. The lowest BCUT2D eigenvalue weighted by Crippen LogP contribution is -2.16. The zero-order valence-corrected chi connectivity index (χ0v) is 18.3. The van der Waals surface area contributed by atoms with Crippen molar-refractivity contribution in [2.45, 2.75) is 43.3 Å². The van der Waals surface area contributed by atoms with Crippen molar-refractivity contribution in [1.29, 1.82) is 0 Å². The first kappa shape index (κ1) is 19.5. The summed E-state index contributed by atoms with van der Waals surface area (Å²) in [5.74, 6) is 2.43. The Morgan fingerprint density at radius 2 is 2.10 bits per heavy atom. The number of thiazole rings is 1. The van der Waals surface area contributed by atoms with E-state index in [1.807, 2.05) is 31.2 Å². The van der Waals surface area contributed by atoms with Gasteiger partial charge in [0.1, 0.15) is 10.8 Å². The molecule has 0 saturated carbocycles. The van der Waals surface area contributed by atoms with Crippen LogP contribution in [0.2, 0.25) is 0 Å². The van der Waals surface area contributed by atoms with Crippen molar-refractivity contribution in [3.63, 3.8) is 0 Å². The van der Waals surface area contributed by atoms with Crippen LogP contribution in [0.1, 0.15) is 24.3 Å². The van der Waals surface area contributed by atoms with Gasteiger partial charge in [-0.15, -0.1) is 21.5 Å². The lowest BCUT2D eigenvalue weighted by atomic mass is 10.2. The molecule has 1 atom stereocenters. The lowest BCUT2D eigenvalue weighted by molar-refractivity contribution is 0.0953. The molecule has 30 heavy (non-hydrogen) atoms. The fourth-order valence-corrected chi connectivity index (χ4v) is 5.36. The Bertz CT molecular complexity index is 1110. The molecule has 154 valence electrons. The summed E-state index contributed by atoms with van der Waals surface area (Å²) in [4.78, 5) is 4.80. The molecule has 0 N–H and O–H groups in total. The Morgan fingerprint density at radius 1 is 1.20 bits per heavy atom. The van der Waals surface area contributed by atoms with Crippen LogP contribution in [0, 0.1) is 6.92 Å². The number of aryl methyl sites for hydroxylation is 1. The van der Waals surface area contributed by atoms with Gasteiger partial charge >= 0.3 is 0 Å². The van der Waals surface area contributed by atoms with E-state index in [1.165, 1.54) is 0 Å². The van der Waals surface area contributed by atoms with Crippen molar-refractivity contribution in [2.24, 2.45) is 0 Å². The molecule has 6 nitrogen and oxygen atoms in total. The predicted octanol–water partition coefficient (Wildman–Crippen LogP) is 5.44. The molecule has 4 aromatic rings. The minimum absolute atomic E-state index is 0.204. The number of ether oxygens (including phenoxy) is 1.